The van der Waals surface area contributed by atoms with E-state index in [0.29, 0.717) is 11.3 Å². The molecule has 0 spiro atoms. The number of benzene rings is 1. The molecule has 4 N–H and O–H groups in total. The summed E-state index contributed by atoms with van der Waals surface area (Å²) in [6.45, 7) is 4.19. The summed E-state index contributed by atoms with van der Waals surface area (Å²) in [6, 6.07) is 7.46. The van der Waals surface area contributed by atoms with Crippen LogP contribution in [0.15, 0.2) is 24.3 Å². The number of rotatable bonds is 6. The molecule has 0 aromatic heterocycles. The number of nitrogens with two attached hydrogens (primary N) is 1. The van der Waals surface area contributed by atoms with Gasteiger partial charge in [-0.25, -0.2) is 0 Å². The molecule has 0 saturated heterocycles. The van der Waals surface area contributed by atoms with Crippen molar-refractivity contribution in [1.29, 1.82) is 0 Å². The fraction of sp³-hybridized carbons (Fsp3) is 0.462. The summed E-state index contributed by atoms with van der Waals surface area (Å²) in [5, 5.41) is 3.02. The predicted octanol–water partition coefficient (Wildman–Crippen LogP) is 2.28. The molecule has 17 heavy (non-hydrogen) atoms. The van der Waals surface area contributed by atoms with E-state index in [1.165, 1.54) is 0 Å². The Bertz CT molecular complexity index is 365. The van der Waals surface area contributed by atoms with Crippen molar-refractivity contribution in [3.8, 4) is 0 Å². The van der Waals surface area contributed by atoms with Gasteiger partial charge in [-0.15, -0.1) is 0 Å². The topological polar surface area (TPSA) is 67.2 Å². The SMILES string of the molecule is CCCC(CC)NC(=O)c1ccccc1NN. The zero-order valence-corrected chi connectivity index (χ0v) is 10.5. The second-order valence-electron chi connectivity index (χ2n) is 4.06. The highest BCUT2D eigenvalue weighted by Crippen LogP contribution is 2.14. The minimum atomic E-state index is -0.0705. The molecule has 1 aromatic carbocycles. The van der Waals surface area contributed by atoms with E-state index in [1.807, 2.05) is 12.1 Å². The van der Waals surface area contributed by atoms with Gasteiger partial charge in [0.05, 0.1) is 11.3 Å². The quantitative estimate of drug-likeness (QED) is 0.523. The van der Waals surface area contributed by atoms with Crippen LogP contribution in [-0.4, -0.2) is 11.9 Å². The van der Waals surface area contributed by atoms with E-state index in [-0.39, 0.29) is 11.9 Å². The predicted molar refractivity (Wildman–Crippen MR) is 70.7 cm³/mol. The van der Waals surface area contributed by atoms with Crippen LogP contribution in [0.5, 0.6) is 0 Å². The van der Waals surface area contributed by atoms with Gasteiger partial charge in [-0.2, -0.15) is 0 Å². The summed E-state index contributed by atoms with van der Waals surface area (Å²) < 4.78 is 0. The first-order valence-corrected chi connectivity index (χ1v) is 6.09. The second-order valence-corrected chi connectivity index (χ2v) is 4.06. The summed E-state index contributed by atoms with van der Waals surface area (Å²) in [5.74, 6) is 5.31. The standard InChI is InChI=1S/C13H21N3O/c1-3-7-10(4-2)15-13(17)11-8-5-6-9-12(11)16-14/h5-6,8-10,16H,3-4,7,14H2,1-2H3,(H,15,17). The van der Waals surface area contributed by atoms with Crippen molar-refractivity contribution in [2.45, 2.75) is 39.2 Å². The Balaban J connectivity index is 2.75. The third kappa shape index (κ3) is 3.75. The lowest BCUT2D eigenvalue weighted by Gasteiger charge is -2.17. The van der Waals surface area contributed by atoms with Gasteiger partial charge in [0.2, 0.25) is 0 Å². The van der Waals surface area contributed by atoms with Gasteiger partial charge in [-0.05, 0) is 25.0 Å². The number of para-hydroxylation sites is 1. The molecule has 94 valence electrons. The molecule has 0 saturated carbocycles. The molecule has 1 unspecified atom stereocenters. The minimum Gasteiger partial charge on any atom is -0.349 e. The number of carbonyl (C=O) groups excluding carboxylic acids is 1. The first kappa shape index (κ1) is 13.5. The van der Waals surface area contributed by atoms with E-state index < -0.39 is 0 Å². The first-order chi connectivity index (χ1) is 8.22. The third-order valence-corrected chi connectivity index (χ3v) is 2.79. The zero-order valence-electron chi connectivity index (χ0n) is 10.5. The second kappa shape index (κ2) is 6.91. The highest BCUT2D eigenvalue weighted by Gasteiger charge is 2.13. The molecule has 1 atom stereocenters. The summed E-state index contributed by atoms with van der Waals surface area (Å²) in [5.41, 5.74) is 3.78. The molecular weight excluding hydrogens is 214 g/mol. The number of nitrogen functional groups attached to an aromatic ring is 1. The van der Waals surface area contributed by atoms with Gasteiger partial charge in [0.15, 0.2) is 0 Å². The van der Waals surface area contributed by atoms with Gasteiger partial charge < -0.3 is 10.7 Å². The molecule has 0 aliphatic rings. The maximum Gasteiger partial charge on any atom is 0.253 e. The van der Waals surface area contributed by atoms with Crippen LogP contribution in [0.25, 0.3) is 0 Å². The van der Waals surface area contributed by atoms with Crippen molar-refractivity contribution < 1.29 is 4.79 Å². The lowest BCUT2D eigenvalue weighted by Crippen LogP contribution is -2.34. The number of anilines is 1. The Morgan fingerprint density at radius 2 is 2.06 bits per heavy atom. The van der Waals surface area contributed by atoms with Crippen LogP contribution in [-0.2, 0) is 0 Å². The normalized spacial score (nSPS) is 11.9. The number of hydrazine groups is 1. The Hall–Kier alpha value is -1.55. The van der Waals surface area contributed by atoms with Gasteiger partial charge in [0, 0.05) is 6.04 Å². The van der Waals surface area contributed by atoms with Crippen molar-refractivity contribution in [3.05, 3.63) is 29.8 Å². The molecule has 0 radical (unpaired) electrons. The molecule has 4 heteroatoms. The average Bonchev–Trinajstić information content (AvgIpc) is 2.38. The molecule has 0 bridgehead atoms. The molecule has 0 aliphatic heterocycles. The average molecular weight is 235 g/mol. The first-order valence-electron chi connectivity index (χ1n) is 6.09. The van der Waals surface area contributed by atoms with Crippen molar-refractivity contribution >= 4 is 11.6 Å². The van der Waals surface area contributed by atoms with E-state index in [0.717, 1.165) is 19.3 Å². The molecule has 1 rings (SSSR count). The summed E-state index contributed by atoms with van der Waals surface area (Å²) in [7, 11) is 0. The maximum absolute atomic E-state index is 12.1. The van der Waals surface area contributed by atoms with Crippen LogP contribution in [0.4, 0.5) is 5.69 Å². The van der Waals surface area contributed by atoms with Gasteiger partial charge >= 0.3 is 0 Å². The van der Waals surface area contributed by atoms with Crippen molar-refractivity contribution in [3.63, 3.8) is 0 Å². The van der Waals surface area contributed by atoms with Crippen LogP contribution >= 0.6 is 0 Å². The van der Waals surface area contributed by atoms with Crippen LogP contribution in [0.2, 0.25) is 0 Å². The van der Waals surface area contributed by atoms with E-state index in [9.17, 15) is 4.79 Å². The van der Waals surface area contributed by atoms with Crippen LogP contribution < -0.4 is 16.6 Å². The highest BCUT2D eigenvalue weighted by atomic mass is 16.1. The summed E-state index contributed by atoms with van der Waals surface area (Å²) in [6.07, 6.45) is 3.01. The van der Waals surface area contributed by atoms with Gasteiger partial charge in [-0.3, -0.25) is 10.6 Å². The van der Waals surface area contributed by atoms with Crippen LogP contribution in [0.3, 0.4) is 0 Å². The Kier molecular flexibility index (Phi) is 5.49. The number of hydrogen-bond donors (Lipinski definition) is 3. The molecule has 0 fully saturated rings. The Morgan fingerprint density at radius 3 is 2.65 bits per heavy atom. The van der Waals surface area contributed by atoms with E-state index >= 15 is 0 Å². The van der Waals surface area contributed by atoms with E-state index in [4.69, 9.17) is 5.84 Å². The van der Waals surface area contributed by atoms with E-state index in [1.54, 1.807) is 12.1 Å². The van der Waals surface area contributed by atoms with Gasteiger partial charge in [0.25, 0.3) is 5.91 Å². The van der Waals surface area contributed by atoms with Gasteiger partial charge in [0.1, 0.15) is 0 Å². The van der Waals surface area contributed by atoms with Crippen LogP contribution in [0.1, 0.15) is 43.5 Å². The monoisotopic (exact) mass is 235 g/mol. The van der Waals surface area contributed by atoms with Crippen molar-refractivity contribution in [1.82, 2.24) is 5.32 Å². The highest BCUT2D eigenvalue weighted by molar-refractivity contribution is 5.99. The fourth-order valence-electron chi connectivity index (χ4n) is 1.80. The number of carbonyl (C=O) groups is 1. The lowest BCUT2D eigenvalue weighted by molar-refractivity contribution is 0.0934. The van der Waals surface area contributed by atoms with Gasteiger partial charge in [-0.1, -0.05) is 32.4 Å². The number of hydrogen-bond acceptors (Lipinski definition) is 3. The Labute approximate surface area is 103 Å². The van der Waals surface area contributed by atoms with E-state index in [2.05, 4.69) is 24.6 Å². The molecule has 1 amide bonds. The minimum absolute atomic E-state index is 0.0705. The van der Waals surface area contributed by atoms with Crippen LogP contribution in [0, 0.1) is 0 Å². The summed E-state index contributed by atoms with van der Waals surface area (Å²) >= 11 is 0. The number of amides is 1. The summed E-state index contributed by atoms with van der Waals surface area (Å²) in [4.78, 5) is 12.1. The zero-order chi connectivity index (χ0) is 12.7. The third-order valence-electron chi connectivity index (χ3n) is 2.79. The molecule has 4 nitrogen and oxygen atoms in total. The Morgan fingerprint density at radius 1 is 1.35 bits per heavy atom. The smallest absolute Gasteiger partial charge is 0.253 e. The molecule has 1 aromatic rings. The maximum atomic E-state index is 12.1. The molecular formula is C13H21N3O. The fourth-order valence-corrected chi connectivity index (χ4v) is 1.80. The number of nitrogens with one attached hydrogen (secondary N) is 2. The molecule has 0 aliphatic carbocycles. The van der Waals surface area contributed by atoms with Crippen molar-refractivity contribution in [2.75, 3.05) is 5.43 Å². The van der Waals surface area contributed by atoms with Crippen molar-refractivity contribution in [2.24, 2.45) is 5.84 Å². The lowest BCUT2D eigenvalue weighted by atomic mass is 10.1. The largest absolute Gasteiger partial charge is 0.349 e. The molecule has 0 heterocycles.